The van der Waals surface area contributed by atoms with Crippen molar-refractivity contribution in [2.24, 2.45) is 5.92 Å². The second-order valence-corrected chi connectivity index (χ2v) is 7.41. The van der Waals surface area contributed by atoms with Crippen LogP contribution in [0.15, 0.2) is 64.2 Å². The van der Waals surface area contributed by atoms with Gasteiger partial charge in [0, 0.05) is 6.54 Å². The first-order chi connectivity index (χ1) is 14.5. The lowest BCUT2D eigenvalue weighted by Crippen LogP contribution is -2.47. The van der Waals surface area contributed by atoms with Crippen LogP contribution in [0.4, 0.5) is 4.39 Å². The van der Waals surface area contributed by atoms with Crippen molar-refractivity contribution in [2.45, 2.75) is 25.8 Å². The van der Waals surface area contributed by atoms with Crippen LogP contribution in [0.25, 0.3) is 5.69 Å². The molecule has 30 heavy (non-hydrogen) atoms. The van der Waals surface area contributed by atoms with E-state index in [0.717, 1.165) is 22.1 Å². The molecule has 1 N–H and O–H groups in total. The number of benzene rings is 2. The van der Waals surface area contributed by atoms with E-state index in [-0.39, 0.29) is 5.69 Å². The third-order valence-electron chi connectivity index (χ3n) is 5.22. The molecule has 7 nitrogen and oxygen atoms in total. The van der Waals surface area contributed by atoms with Gasteiger partial charge in [-0.3, -0.25) is 9.59 Å². The smallest absolute Gasteiger partial charge is 0.350 e. The number of hydrogen-bond donors (Lipinski definition) is 1. The Labute approximate surface area is 171 Å². The number of nitrogens with zero attached hydrogens (tertiary/aromatic N) is 3. The van der Waals surface area contributed by atoms with Crippen molar-refractivity contribution < 1.29 is 9.18 Å². The lowest BCUT2D eigenvalue weighted by molar-refractivity contribution is 0.0941. The molecule has 1 aliphatic carbocycles. The van der Waals surface area contributed by atoms with Crippen LogP contribution in [0.3, 0.4) is 0 Å². The lowest BCUT2D eigenvalue weighted by Gasteiger charge is -2.18. The summed E-state index contributed by atoms with van der Waals surface area (Å²) in [4.78, 5) is 39.0. The van der Waals surface area contributed by atoms with Crippen LogP contribution in [0.2, 0.25) is 0 Å². The van der Waals surface area contributed by atoms with Gasteiger partial charge in [-0.05, 0) is 43.4 Å². The summed E-state index contributed by atoms with van der Waals surface area (Å²) < 4.78 is 16.1. The van der Waals surface area contributed by atoms with E-state index in [4.69, 9.17) is 0 Å². The van der Waals surface area contributed by atoms with E-state index < -0.39 is 34.7 Å². The van der Waals surface area contributed by atoms with Gasteiger partial charge in [0.05, 0.1) is 6.04 Å². The van der Waals surface area contributed by atoms with Gasteiger partial charge in [-0.25, -0.2) is 13.8 Å². The van der Waals surface area contributed by atoms with Gasteiger partial charge in [0.2, 0.25) is 5.69 Å². The number of carbonyl (C=O) groups excluding carboxylic acids is 1. The largest absolute Gasteiger partial charge is 0.352 e. The second-order valence-electron chi connectivity index (χ2n) is 7.41. The highest BCUT2D eigenvalue weighted by atomic mass is 19.1. The van der Waals surface area contributed by atoms with Crippen LogP contribution in [-0.2, 0) is 0 Å². The quantitative estimate of drug-likeness (QED) is 0.678. The van der Waals surface area contributed by atoms with Crippen molar-refractivity contribution >= 4 is 5.91 Å². The normalized spacial score (nSPS) is 14.3. The minimum Gasteiger partial charge on any atom is -0.350 e. The maximum absolute atomic E-state index is 14.4. The minimum atomic E-state index is -0.819. The molecule has 1 amide bonds. The molecule has 0 radical (unpaired) electrons. The number of rotatable bonds is 6. The van der Waals surface area contributed by atoms with Crippen molar-refractivity contribution in [1.82, 2.24) is 19.7 Å². The average Bonchev–Trinajstić information content (AvgIpc) is 3.58. The number of para-hydroxylation sites is 1. The first-order valence-corrected chi connectivity index (χ1v) is 9.81. The summed E-state index contributed by atoms with van der Waals surface area (Å²) in [5, 5.41) is 6.65. The first-order valence-electron chi connectivity index (χ1n) is 9.81. The van der Waals surface area contributed by atoms with Crippen molar-refractivity contribution in [3.63, 3.8) is 0 Å². The van der Waals surface area contributed by atoms with Gasteiger partial charge < -0.3 is 5.32 Å². The second kappa shape index (κ2) is 8.06. The zero-order valence-corrected chi connectivity index (χ0v) is 16.4. The zero-order chi connectivity index (χ0) is 21.3. The highest BCUT2D eigenvalue weighted by Gasteiger charge is 2.26. The minimum absolute atomic E-state index is 0.132. The summed E-state index contributed by atoms with van der Waals surface area (Å²) in [6, 6.07) is 13.9. The van der Waals surface area contributed by atoms with Crippen molar-refractivity contribution in [2.75, 3.05) is 6.54 Å². The Morgan fingerprint density at radius 2 is 1.80 bits per heavy atom. The van der Waals surface area contributed by atoms with E-state index >= 15 is 0 Å². The summed E-state index contributed by atoms with van der Waals surface area (Å²) >= 11 is 0. The monoisotopic (exact) mass is 408 g/mol. The fourth-order valence-corrected chi connectivity index (χ4v) is 3.28. The fourth-order valence-electron chi connectivity index (χ4n) is 3.28. The van der Waals surface area contributed by atoms with Gasteiger partial charge in [-0.2, -0.15) is 9.78 Å². The zero-order valence-electron chi connectivity index (χ0n) is 16.4. The maximum Gasteiger partial charge on any atom is 0.352 e. The Morgan fingerprint density at radius 3 is 2.47 bits per heavy atom. The molecule has 154 valence electrons. The fraction of sp³-hybridized carbons (Fsp3) is 0.273. The molecule has 8 heteroatoms. The number of halogens is 1. The van der Waals surface area contributed by atoms with Gasteiger partial charge in [-0.15, -0.1) is 0 Å². The van der Waals surface area contributed by atoms with E-state index in [1.54, 1.807) is 37.3 Å². The van der Waals surface area contributed by atoms with E-state index in [1.165, 1.54) is 18.2 Å². The number of carbonyl (C=O) groups is 1. The van der Waals surface area contributed by atoms with E-state index in [1.807, 2.05) is 6.07 Å². The highest BCUT2D eigenvalue weighted by Crippen LogP contribution is 2.27. The molecule has 1 fully saturated rings. The molecule has 4 rings (SSSR count). The SMILES string of the molecule is CC(c1ccccc1)n1c(=O)c(C(=O)NCC2CC2)nn(-c2ccccc2F)c1=O. The number of aromatic nitrogens is 3. The van der Waals surface area contributed by atoms with Crippen LogP contribution in [0, 0.1) is 11.7 Å². The number of amides is 1. The number of nitrogens with one attached hydrogen (secondary N) is 1. The molecule has 0 saturated heterocycles. The summed E-state index contributed by atoms with van der Waals surface area (Å²) in [6.07, 6.45) is 2.05. The number of hydrogen-bond acceptors (Lipinski definition) is 4. The molecule has 1 atom stereocenters. The molecule has 1 unspecified atom stereocenters. The van der Waals surface area contributed by atoms with E-state index in [9.17, 15) is 18.8 Å². The van der Waals surface area contributed by atoms with Crippen LogP contribution in [-0.4, -0.2) is 26.8 Å². The standard InChI is InChI=1S/C22H21FN4O3/c1-14(16-7-3-2-4-8-16)26-21(29)19(20(28)24-13-15-11-12-15)25-27(22(26)30)18-10-6-5-9-17(18)23/h2-10,14-15H,11-13H2,1H3,(H,24,28). The molecule has 0 aliphatic heterocycles. The summed E-state index contributed by atoms with van der Waals surface area (Å²) in [5.74, 6) is -0.961. The Bertz CT molecular complexity index is 1200. The van der Waals surface area contributed by atoms with Gasteiger partial charge in [-0.1, -0.05) is 42.5 Å². The van der Waals surface area contributed by atoms with Gasteiger partial charge >= 0.3 is 5.69 Å². The maximum atomic E-state index is 14.4. The molecule has 1 aliphatic rings. The van der Waals surface area contributed by atoms with Crippen molar-refractivity contribution in [1.29, 1.82) is 0 Å². The predicted molar refractivity (Wildman–Crippen MR) is 109 cm³/mol. The molecule has 1 heterocycles. The Hall–Kier alpha value is -3.55. The van der Waals surface area contributed by atoms with Crippen LogP contribution in [0.1, 0.15) is 41.9 Å². The van der Waals surface area contributed by atoms with E-state index in [0.29, 0.717) is 18.0 Å². The molecule has 2 aromatic carbocycles. The molecular weight excluding hydrogens is 387 g/mol. The predicted octanol–water partition coefficient (Wildman–Crippen LogP) is 2.28. The Morgan fingerprint density at radius 1 is 1.13 bits per heavy atom. The molecule has 0 bridgehead atoms. The Balaban J connectivity index is 1.89. The Kier molecular flexibility index (Phi) is 5.31. The highest BCUT2D eigenvalue weighted by molar-refractivity contribution is 5.91. The molecule has 1 saturated carbocycles. The molecule has 3 aromatic rings. The van der Waals surface area contributed by atoms with Gasteiger partial charge in [0.15, 0.2) is 0 Å². The van der Waals surface area contributed by atoms with Crippen molar-refractivity contribution in [3.8, 4) is 5.69 Å². The summed E-state index contributed by atoms with van der Waals surface area (Å²) in [6.45, 7) is 2.11. The molecule has 1 aromatic heterocycles. The van der Waals surface area contributed by atoms with Crippen LogP contribution < -0.4 is 16.6 Å². The summed E-state index contributed by atoms with van der Waals surface area (Å²) in [7, 11) is 0. The van der Waals surface area contributed by atoms with Crippen LogP contribution in [0.5, 0.6) is 0 Å². The van der Waals surface area contributed by atoms with Gasteiger partial charge in [0.1, 0.15) is 11.5 Å². The summed E-state index contributed by atoms with van der Waals surface area (Å²) in [5.41, 5.74) is -1.50. The lowest BCUT2D eigenvalue weighted by atomic mass is 10.1. The first kappa shape index (κ1) is 19.8. The third-order valence-corrected chi connectivity index (χ3v) is 5.22. The molecular formula is C22H21FN4O3. The van der Waals surface area contributed by atoms with Crippen LogP contribution >= 0.6 is 0 Å². The average molecular weight is 408 g/mol. The van der Waals surface area contributed by atoms with E-state index in [2.05, 4.69) is 10.4 Å². The topological polar surface area (TPSA) is 86.0 Å². The molecule has 0 spiro atoms. The van der Waals surface area contributed by atoms with Gasteiger partial charge in [0.25, 0.3) is 11.5 Å². The third kappa shape index (κ3) is 3.80. The van der Waals surface area contributed by atoms with Crippen molar-refractivity contribution in [3.05, 3.63) is 92.5 Å².